The second kappa shape index (κ2) is 11.9. The van der Waals surface area contributed by atoms with E-state index >= 15 is 0 Å². The smallest absolute Gasteiger partial charge is 0.242 e. The molecule has 0 aliphatic carbocycles. The van der Waals surface area contributed by atoms with E-state index in [0.717, 1.165) is 17.4 Å². The van der Waals surface area contributed by atoms with Crippen molar-refractivity contribution in [1.29, 1.82) is 0 Å². The van der Waals surface area contributed by atoms with Gasteiger partial charge in [0.05, 0.1) is 11.9 Å². The Bertz CT molecular complexity index is 1130. The molecule has 0 fully saturated rings. The number of halogens is 1. The summed E-state index contributed by atoms with van der Waals surface area (Å²) in [6.07, 6.45) is 1.56. The van der Waals surface area contributed by atoms with Crippen LogP contribution in [-0.4, -0.2) is 49.5 Å². The lowest BCUT2D eigenvalue weighted by atomic mass is 10.1. The van der Waals surface area contributed by atoms with Gasteiger partial charge in [0.2, 0.25) is 21.8 Å². The first-order chi connectivity index (χ1) is 16.2. The van der Waals surface area contributed by atoms with Crippen LogP contribution in [0.5, 0.6) is 0 Å². The van der Waals surface area contributed by atoms with Crippen molar-refractivity contribution >= 4 is 39.1 Å². The van der Waals surface area contributed by atoms with Crippen molar-refractivity contribution in [2.75, 3.05) is 17.1 Å². The number of amides is 2. The van der Waals surface area contributed by atoms with Crippen molar-refractivity contribution in [2.24, 2.45) is 0 Å². The predicted molar refractivity (Wildman–Crippen MR) is 142 cm³/mol. The molecule has 0 aliphatic rings. The summed E-state index contributed by atoms with van der Waals surface area (Å²) in [5, 5.41) is 3.51. The monoisotopic (exact) mass is 521 g/mol. The number of carbonyl (C=O) groups excluding carboxylic acids is 2. The number of nitrogens with zero attached hydrogens (tertiary/aromatic N) is 2. The summed E-state index contributed by atoms with van der Waals surface area (Å²) in [4.78, 5) is 27.7. The fourth-order valence-electron chi connectivity index (χ4n) is 3.63. The SMILES string of the molecule is Cc1cccc(N(CCCC(=O)N(Cc2ccc(Cl)cc2)C(C)C(=O)NC(C)(C)C)S(C)(=O)=O)c1. The summed E-state index contributed by atoms with van der Waals surface area (Å²) < 4.78 is 26.1. The van der Waals surface area contributed by atoms with Crippen molar-refractivity contribution in [3.05, 3.63) is 64.7 Å². The first-order valence-electron chi connectivity index (χ1n) is 11.6. The fraction of sp³-hybridized carbons (Fsp3) is 0.462. The van der Waals surface area contributed by atoms with Gasteiger partial charge >= 0.3 is 0 Å². The lowest BCUT2D eigenvalue weighted by molar-refractivity contribution is -0.141. The molecule has 35 heavy (non-hydrogen) atoms. The molecule has 2 rings (SSSR count). The minimum Gasteiger partial charge on any atom is -0.350 e. The number of anilines is 1. The van der Waals surface area contributed by atoms with Crippen LogP contribution in [0, 0.1) is 6.92 Å². The quantitative estimate of drug-likeness (QED) is 0.497. The molecule has 2 aromatic carbocycles. The molecule has 0 spiro atoms. The van der Waals surface area contributed by atoms with Crippen molar-refractivity contribution < 1.29 is 18.0 Å². The molecule has 1 atom stereocenters. The molecule has 0 heterocycles. The van der Waals surface area contributed by atoms with E-state index in [4.69, 9.17) is 11.6 Å². The minimum absolute atomic E-state index is 0.0958. The van der Waals surface area contributed by atoms with Crippen molar-refractivity contribution in [2.45, 2.75) is 65.6 Å². The number of carbonyl (C=O) groups is 2. The van der Waals surface area contributed by atoms with E-state index in [9.17, 15) is 18.0 Å². The number of rotatable bonds is 10. The maximum Gasteiger partial charge on any atom is 0.242 e. The molecule has 0 aliphatic heterocycles. The van der Waals surface area contributed by atoms with E-state index in [1.54, 1.807) is 37.3 Å². The Hall–Kier alpha value is -2.58. The topological polar surface area (TPSA) is 86.8 Å². The Labute approximate surface area is 214 Å². The highest BCUT2D eigenvalue weighted by atomic mass is 35.5. The molecule has 0 bridgehead atoms. The molecule has 0 radical (unpaired) electrons. The van der Waals surface area contributed by atoms with E-state index in [2.05, 4.69) is 5.32 Å². The molecule has 1 N–H and O–H groups in total. The third kappa shape index (κ3) is 9.18. The van der Waals surface area contributed by atoms with Crippen LogP contribution < -0.4 is 9.62 Å². The molecule has 0 saturated carbocycles. The van der Waals surface area contributed by atoms with Gasteiger partial charge in [-0.05, 0) is 76.4 Å². The van der Waals surface area contributed by atoms with Gasteiger partial charge in [-0.3, -0.25) is 13.9 Å². The van der Waals surface area contributed by atoms with E-state index in [1.807, 2.05) is 45.9 Å². The average molecular weight is 522 g/mol. The Morgan fingerprint density at radius 2 is 1.71 bits per heavy atom. The van der Waals surface area contributed by atoms with Gasteiger partial charge in [0, 0.05) is 30.1 Å². The summed E-state index contributed by atoms with van der Waals surface area (Å²) in [5.74, 6) is -0.480. The van der Waals surface area contributed by atoms with Gasteiger partial charge in [-0.25, -0.2) is 8.42 Å². The fourth-order valence-corrected chi connectivity index (χ4v) is 4.71. The second-order valence-corrected chi connectivity index (χ2v) is 12.2. The zero-order valence-electron chi connectivity index (χ0n) is 21.3. The second-order valence-electron chi connectivity index (χ2n) is 9.84. The van der Waals surface area contributed by atoms with Gasteiger partial charge in [0.15, 0.2) is 0 Å². The largest absolute Gasteiger partial charge is 0.350 e. The molecule has 7 nitrogen and oxygen atoms in total. The summed E-state index contributed by atoms with van der Waals surface area (Å²) in [6, 6.07) is 13.6. The molecule has 0 saturated heterocycles. The Morgan fingerprint density at radius 3 is 2.26 bits per heavy atom. The summed E-state index contributed by atoms with van der Waals surface area (Å²) in [5.41, 5.74) is 1.91. The summed E-state index contributed by atoms with van der Waals surface area (Å²) in [7, 11) is -3.52. The molecular weight excluding hydrogens is 486 g/mol. The maximum atomic E-state index is 13.3. The number of aryl methyl sites for hydroxylation is 1. The number of hydrogen-bond acceptors (Lipinski definition) is 4. The standard InChI is InChI=1S/C26H36ClN3O4S/c1-19-9-7-10-23(17-19)30(35(6,33)34)16-8-11-24(31)29(18-21-12-14-22(27)15-13-21)20(2)25(32)28-26(3,4)5/h7,9-10,12-15,17,20H,8,11,16,18H2,1-6H3,(H,28,32). The molecule has 2 amide bonds. The van der Waals surface area contributed by atoms with Crippen molar-refractivity contribution in [3.63, 3.8) is 0 Å². The van der Waals surface area contributed by atoms with Crippen LogP contribution in [-0.2, 0) is 26.2 Å². The molecular formula is C26H36ClN3O4S. The van der Waals surface area contributed by atoms with Crippen LogP contribution in [0.15, 0.2) is 48.5 Å². The number of hydrogen-bond donors (Lipinski definition) is 1. The predicted octanol–water partition coefficient (Wildman–Crippen LogP) is 4.53. The molecule has 1 unspecified atom stereocenters. The van der Waals surface area contributed by atoms with Crippen molar-refractivity contribution in [3.8, 4) is 0 Å². The van der Waals surface area contributed by atoms with E-state index in [0.29, 0.717) is 17.1 Å². The highest BCUT2D eigenvalue weighted by Crippen LogP contribution is 2.21. The van der Waals surface area contributed by atoms with Crippen molar-refractivity contribution in [1.82, 2.24) is 10.2 Å². The Kier molecular flexibility index (Phi) is 9.75. The summed E-state index contributed by atoms with van der Waals surface area (Å²) in [6.45, 7) is 9.64. The van der Waals surface area contributed by atoms with Gasteiger partial charge in [-0.1, -0.05) is 35.9 Å². The lowest BCUT2D eigenvalue weighted by Crippen LogP contribution is -2.52. The normalized spacial score (nSPS) is 12.7. The molecule has 192 valence electrons. The zero-order chi connectivity index (χ0) is 26.4. The number of nitrogens with one attached hydrogen (secondary N) is 1. The highest BCUT2D eigenvalue weighted by molar-refractivity contribution is 7.92. The van der Waals surface area contributed by atoms with Gasteiger partial charge in [-0.15, -0.1) is 0 Å². The summed E-state index contributed by atoms with van der Waals surface area (Å²) >= 11 is 5.99. The van der Waals surface area contributed by atoms with Gasteiger partial charge in [0.25, 0.3) is 0 Å². The average Bonchev–Trinajstić information content (AvgIpc) is 2.73. The maximum absolute atomic E-state index is 13.3. The third-order valence-electron chi connectivity index (χ3n) is 5.37. The van der Waals surface area contributed by atoms with Gasteiger partial charge in [0.1, 0.15) is 6.04 Å². The van der Waals surface area contributed by atoms with Gasteiger partial charge < -0.3 is 10.2 Å². The third-order valence-corrected chi connectivity index (χ3v) is 6.82. The number of sulfonamides is 1. The van der Waals surface area contributed by atoms with E-state index in [1.165, 1.54) is 9.21 Å². The Morgan fingerprint density at radius 1 is 1.09 bits per heavy atom. The molecule has 9 heteroatoms. The minimum atomic E-state index is -3.52. The highest BCUT2D eigenvalue weighted by Gasteiger charge is 2.28. The Balaban J connectivity index is 2.18. The zero-order valence-corrected chi connectivity index (χ0v) is 22.9. The van der Waals surface area contributed by atoms with Gasteiger partial charge in [-0.2, -0.15) is 0 Å². The van der Waals surface area contributed by atoms with Crippen LogP contribution >= 0.6 is 11.6 Å². The van der Waals surface area contributed by atoms with E-state index < -0.39 is 21.6 Å². The van der Waals surface area contributed by atoms with Crippen LogP contribution in [0.4, 0.5) is 5.69 Å². The van der Waals surface area contributed by atoms with Crippen LogP contribution in [0.2, 0.25) is 5.02 Å². The molecule has 2 aromatic rings. The van der Waals surface area contributed by atoms with Crippen LogP contribution in [0.25, 0.3) is 0 Å². The van der Waals surface area contributed by atoms with E-state index in [-0.39, 0.29) is 31.3 Å². The lowest BCUT2D eigenvalue weighted by Gasteiger charge is -2.32. The van der Waals surface area contributed by atoms with Crippen LogP contribution in [0.3, 0.4) is 0 Å². The number of benzene rings is 2. The first kappa shape index (κ1) is 28.7. The first-order valence-corrected chi connectivity index (χ1v) is 13.8. The van der Waals surface area contributed by atoms with Crippen LogP contribution in [0.1, 0.15) is 51.7 Å². The molecule has 0 aromatic heterocycles.